The molecule has 0 saturated heterocycles. The summed E-state index contributed by atoms with van der Waals surface area (Å²) in [7, 11) is 0. The third-order valence-corrected chi connectivity index (χ3v) is 3.01. The summed E-state index contributed by atoms with van der Waals surface area (Å²) in [6.45, 7) is 0.353. The van der Waals surface area contributed by atoms with E-state index in [-0.39, 0.29) is 16.3 Å². The van der Waals surface area contributed by atoms with Crippen molar-refractivity contribution in [3.05, 3.63) is 62.8 Å². The second kappa shape index (κ2) is 6.19. The molecule has 0 aliphatic carbocycles. The highest BCUT2D eigenvalue weighted by Gasteiger charge is 2.10. The van der Waals surface area contributed by atoms with Crippen molar-refractivity contribution >= 4 is 29.1 Å². The maximum Gasteiger partial charge on any atom is 0.337 e. The zero-order valence-corrected chi connectivity index (χ0v) is 11.4. The molecule has 0 bridgehead atoms. The number of hydrogen-bond donors (Lipinski definition) is 2. The third-order valence-electron chi connectivity index (χ3n) is 2.71. The minimum absolute atomic E-state index is 0.0107. The molecule has 1 aromatic carbocycles. The van der Waals surface area contributed by atoms with E-state index in [0.717, 1.165) is 5.56 Å². The largest absolute Gasteiger partial charge is 0.478 e. The van der Waals surface area contributed by atoms with Gasteiger partial charge in [-0.1, -0.05) is 23.7 Å². The number of halogens is 1. The Morgan fingerprint density at radius 2 is 2.05 bits per heavy atom. The molecule has 0 radical (unpaired) electrons. The van der Waals surface area contributed by atoms with Gasteiger partial charge in [0.05, 0.1) is 15.5 Å². The molecule has 108 valence electrons. The highest BCUT2D eigenvalue weighted by atomic mass is 35.5. The van der Waals surface area contributed by atoms with Crippen LogP contribution in [0, 0.1) is 10.1 Å². The van der Waals surface area contributed by atoms with Crippen molar-refractivity contribution in [2.75, 3.05) is 5.32 Å². The number of nitro benzene ring substituents is 1. The van der Waals surface area contributed by atoms with Crippen molar-refractivity contribution in [3.8, 4) is 0 Å². The second-order valence-electron chi connectivity index (χ2n) is 4.13. The molecule has 2 aromatic rings. The van der Waals surface area contributed by atoms with Crippen molar-refractivity contribution in [3.63, 3.8) is 0 Å². The number of carboxylic acid groups (broad SMARTS) is 1. The summed E-state index contributed by atoms with van der Waals surface area (Å²) in [5.74, 6) is -0.782. The number of nitro groups is 1. The number of non-ortho nitro benzene ring substituents is 1. The standard InChI is InChI=1S/C13H10ClN3O4/c14-11-7-16-12(5-10(11)13(18)19)15-6-8-1-3-9(4-2-8)17(20)21/h1-5,7H,6H2,(H,15,16)(H,18,19). The van der Waals surface area contributed by atoms with E-state index in [4.69, 9.17) is 16.7 Å². The Balaban J connectivity index is 2.07. The predicted molar refractivity (Wildman–Crippen MR) is 76.6 cm³/mol. The predicted octanol–water partition coefficient (Wildman–Crippen LogP) is 2.95. The van der Waals surface area contributed by atoms with Gasteiger partial charge < -0.3 is 10.4 Å². The number of rotatable bonds is 5. The molecule has 0 spiro atoms. The zero-order chi connectivity index (χ0) is 15.4. The fourth-order valence-electron chi connectivity index (χ4n) is 1.63. The highest BCUT2D eigenvalue weighted by Crippen LogP contribution is 2.19. The summed E-state index contributed by atoms with van der Waals surface area (Å²) >= 11 is 5.72. The number of carboxylic acids is 1. The topological polar surface area (TPSA) is 105 Å². The molecular weight excluding hydrogens is 298 g/mol. The molecule has 2 rings (SSSR count). The van der Waals surface area contributed by atoms with E-state index >= 15 is 0 Å². The van der Waals surface area contributed by atoms with Crippen LogP contribution < -0.4 is 5.32 Å². The van der Waals surface area contributed by atoms with Crippen LogP contribution >= 0.6 is 11.6 Å². The minimum atomic E-state index is -1.14. The zero-order valence-electron chi connectivity index (χ0n) is 10.6. The summed E-state index contributed by atoms with van der Waals surface area (Å²) in [6, 6.07) is 7.35. The molecule has 1 heterocycles. The SMILES string of the molecule is O=C(O)c1cc(NCc2ccc([N+](=O)[O-])cc2)ncc1Cl. The molecule has 0 aliphatic heterocycles. The third kappa shape index (κ3) is 3.67. The number of nitrogens with zero attached hydrogens (tertiary/aromatic N) is 2. The van der Waals surface area contributed by atoms with Crippen molar-refractivity contribution in [1.82, 2.24) is 4.98 Å². The minimum Gasteiger partial charge on any atom is -0.478 e. The van der Waals surface area contributed by atoms with Gasteiger partial charge in [0.1, 0.15) is 5.82 Å². The van der Waals surface area contributed by atoms with Crippen molar-refractivity contribution in [2.24, 2.45) is 0 Å². The van der Waals surface area contributed by atoms with E-state index in [2.05, 4.69) is 10.3 Å². The van der Waals surface area contributed by atoms with E-state index < -0.39 is 10.9 Å². The Morgan fingerprint density at radius 1 is 1.38 bits per heavy atom. The van der Waals surface area contributed by atoms with Gasteiger partial charge in [-0.15, -0.1) is 0 Å². The second-order valence-corrected chi connectivity index (χ2v) is 4.54. The van der Waals surface area contributed by atoms with Gasteiger partial charge in [-0.3, -0.25) is 10.1 Å². The summed E-state index contributed by atoms with van der Waals surface area (Å²) in [6.07, 6.45) is 1.25. The van der Waals surface area contributed by atoms with Crippen LogP contribution in [0.2, 0.25) is 5.02 Å². The number of anilines is 1. The molecule has 0 atom stereocenters. The quantitative estimate of drug-likeness (QED) is 0.650. The molecular formula is C13H10ClN3O4. The molecule has 0 saturated carbocycles. The lowest BCUT2D eigenvalue weighted by Gasteiger charge is -2.07. The lowest BCUT2D eigenvalue weighted by atomic mass is 10.2. The van der Waals surface area contributed by atoms with Crippen LogP contribution in [-0.4, -0.2) is 21.0 Å². The number of aromatic nitrogens is 1. The summed E-state index contributed by atoms with van der Waals surface area (Å²) < 4.78 is 0. The first-order valence-electron chi connectivity index (χ1n) is 5.83. The van der Waals surface area contributed by atoms with Crippen LogP contribution in [0.15, 0.2) is 36.5 Å². The van der Waals surface area contributed by atoms with Gasteiger partial charge in [0, 0.05) is 24.9 Å². The molecule has 2 N–H and O–H groups in total. The first-order valence-corrected chi connectivity index (χ1v) is 6.21. The van der Waals surface area contributed by atoms with E-state index in [1.165, 1.54) is 24.4 Å². The molecule has 8 heteroatoms. The van der Waals surface area contributed by atoms with Gasteiger partial charge in [0.15, 0.2) is 0 Å². The molecule has 0 unspecified atom stereocenters. The Bertz CT molecular complexity index is 688. The lowest BCUT2D eigenvalue weighted by molar-refractivity contribution is -0.384. The van der Waals surface area contributed by atoms with Crippen molar-refractivity contribution in [2.45, 2.75) is 6.54 Å². The van der Waals surface area contributed by atoms with Crippen LogP contribution in [-0.2, 0) is 6.54 Å². The summed E-state index contributed by atoms with van der Waals surface area (Å²) in [4.78, 5) is 25.0. The average molecular weight is 308 g/mol. The first kappa shape index (κ1) is 14.7. The number of hydrogen-bond acceptors (Lipinski definition) is 5. The molecule has 21 heavy (non-hydrogen) atoms. The fraction of sp³-hybridized carbons (Fsp3) is 0.0769. The van der Waals surface area contributed by atoms with Gasteiger partial charge >= 0.3 is 5.97 Å². The number of carbonyl (C=O) groups is 1. The number of benzene rings is 1. The van der Waals surface area contributed by atoms with E-state index in [9.17, 15) is 14.9 Å². The maximum absolute atomic E-state index is 10.9. The fourth-order valence-corrected chi connectivity index (χ4v) is 1.81. The van der Waals surface area contributed by atoms with Gasteiger partial charge in [0.2, 0.25) is 0 Å². The lowest BCUT2D eigenvalue weighted by Crippen LogP contribution is -2.04. The van der Waals surface area contributed by atoms with E-state index in [1.54, 1.807) is 12.1 Å². The molecule has 1 aromatic heterocycles. The maximum atomic E-state index is 10.9. The van der Waals surface area contributed by atoms with Crippen LogP contribution in [0.5, 0.6) is 0 Å². The normalized spacial score (nSPS) is 10.1. The first-order chi connectivity index (χ1) is 9.97. The van der Waals surface area contributed by atoms with Gasteiger partial charge in [-0.25, -0.2) is 9.78 Å². The molecule has 7 nitrogen and oxygen atoms in total. The number of pyridine rings is 1. The molecule has 0 fully saturated rings. The molecule has 0 amide bonds. The van der Waals surface area contributed by atoms with Crippen LogP contribution in [0.1, 0.15) is 15.9 Å². The Hall–Kier alpha value is -2.67. The number of aromatic carboxylic acids is 1. The summed E-state index contributed by atoms with van der Waals surface area (Å²) in [5, 5.41) is 22.5. The van der Waals surface area contributed by atoms with E-state index in [1.807, 2.05) is 0 Å². The van der Waals surface area contributed by atoms with Crippen molar-refractivity contribution < 1.29 is 14.8 Å². The van der Waals surface area contributed by atoms with Gasteiger partial charge in [-0.2, -0.15) is 0 Å². The average Bonchev–Trinajstić information content (AvgIpc) is 2.46. The number of nitrogens with one attached hydrogen (secondary N) is 1. The van der Waals surface area contributed by atoms with Crippen molar-refractivity contribution in [1.29, 1.82) is 0 Å². The Kier molecular flexibility index (Phi) is 4.34. The Morgan fingerprint density at radius 3 is 2.62 bits per heavy atom. The summed E-state index contributed by atoms with van der Waals surface area (Å²) in [5.41, 5.74) is 0.767. The Labute approximate surface area is 124 Å². The van der Waals surface area contributed by atoms with Crippen LogP contribution in [0.4, 0.5) is 11.5 Å². The monoisotopic (exact) mass is 307 g/mol. The van der Waals surface area contributed by atoms with E-state index in [0.29, 0.717) is 12.4 Å². The smallest absolute Gasteiger partial charge is 0.337 e. The highest BCUT2D eigenvalue weighted by molar-refractivity contribution is 6.33. The van der Waals surface area contributed by atoms with Gasteiger partial charge in [0.25, 0.3) is 5.69 Å². The van der Waals surface area contributed by atoms with Crippen LogP contribution in [0.25, 0.3) is 0 Å². The molecule has 0 aliphatic rings. The van der Waals surface area contributed by atoms with Gasteiger partial charge in [-0.05, 0) is 11.6 Å². The van der Waals surface area contributed by atoms with Crippen LogP contribution in [0.3, 0.4) is 0 Å².